The SMILES string of the molecule is CCOC(=O)CC(C)(C)C=C(C)CC. The van der Waals surface area contributed by atoms with Crippen molar-refractivity contribution in [2.24, 2.45) is 5.41 Å². The van der Waals surface area contributed by atoms with Crippen LogP contribution in [0.2, 0.25) is 0 Å². The quantitative estimate of drug-likeness (QED) is 0.500. The molecule has 0 aromatic rings. The molecule has 0 N–H and O–H groups in total. The van der Waals surface area contributed by atoms with Crippen molar-refractivity contribution in [3.05, 3.63) is 11.6 Å². The highest BCUT2D eigenvalue weighted by atomic mass is 16.5. The summed E-state index contributed by atoms with van der Waals surface area (Å²) in [7, 11) is 0. The molecule has 0 aromatic carbocycles. The molecule has 2 nitrogen and oxygen atoms in total. The Morgan fingerprint density at radius 2 is 1.93 bits per heavy atom. The summed E-state index contributed by atoms with van der Waals surface area (Å²) in [5.74, 6) is -0.113. The lowest BCUT2D eigenvalue weighted by Crippen LogP contribution is -2.17. The van der Waals surface area contributed by atoms with Crippen LogP contribution < -0.4 is 0 Å². The van der Waals surface area contributed by atoms with Gasteiger partial charge < -0.3 is 4.74 Å². The lowest BCUT2D eigenvalue weighted by molar-refractivity contribution is -0.144. The molecule has 0 aliphatic carbocycles. The predicted octanol–water partition coefficient (Wildman–Crippen LogP) is 3.32. The molecule has 0 aromatic heterocycles. The maximum atomic E-state index is 11.3. The number of allylic oxidation sites excluding steroid dienone is 2. The Bertz CT molecular complexity index is 214. The average Bonchev–Trinajstić information content (AvgIpc) is 2.02. The zero-order chi connectivity index (χ0) is 11.2. The number of ether oxygens (including phenoxy) is 1. The van der Waals surface area contributed by atoms with Crippen LogP contribution in [0.4, 0.5) is 0 Å². The fourth-order valence-corrected chi connectivity index (χ4v) is 1.40. The Morgan fingerprint density at radius 3 is 2.36 bits per heavy atom. The van der Waals surface area contributed by atoms with Crippen molar-refractivity contribution in [1.29, 1.82) is 0 Å². The number of hydrogen-bond donors (Lipinski definition) is 0. The van der Waals surface area contributed by atoms with Crippen molar-refractivity contribution < 1.29 is 9.53 Å². The molecule has 0 fully saturated rings. The van der Waals surface area contributed by atoms with Crippen molar-refractivity contribution in [3.8, 4) is 0 Å². The van der Waals surface area contributed by atoms with Crippen LogP contribution in [0.25, 0.3) is 0 Å². The summed E-state index contributed by atoms with van der Waals surface area (Å²) in [6, 6.07) is 0. The van der Waals surface area contributed by atoms with Crippen molar-refractivity contribution in [3.63, 3.8) is 0 Å². The van der Waals surface area contributed by atoms with Gasteiger partial charge in [0, 0.05) is 0 Å². The van der Waals surface area contributed by atoms with Gasteiger partial charge in [0.25, 0.3) is 0 Å². The van der Waals surface area contributed by atoms with Gasteiger partial charge in [-0.15, -0.1) is 0 Å². The molecule has 0 radical (unpaired) electrons. The van der Waals surface area contributed by atoms with Crippen molar-refractivity contribution >= 4 is 5.97 Å². The lowest BCUT2D eigenvalue weighted by Gasteiger charge is -2.20. The minimum atomic E-state index is -0.113. The van der Waals surface area contributed by atoms with E-state index in [1.54, 1.807) is 0 Å². The minimum Gasteiger partial charge on any atom is -0.466 e. The summed E-state index contributed by atoms with van der Waals surface area (Å²) in [6.45, 7) is 10.6. The summed E-state index contributed by atoms with van der Waals surface area (Å²) in [5, 5.41) is 0. The van der Waals surface area contributed by atoms with Gasteiger partial charge >= 0.3 is 5.97 Å². The maximum Gasteiger partial charge on any atom is 0.306 e. The van der Waals surface area contributed by atoms with Crippen LogP contribution in [-0.2, 0) is 9.53 Å². The molecule has 0 rings (SSSR count). The molecular weight excluding hydrogens is 176 g/mol. The fourth-order valence-electron chi connectivity index (χ4n) is 1.40. The Balaban J connectivity index is 4.26. The average molecular weight is 198 g/mol. The van der Waals surface area contributed by atoms with Crippen LogP contribution in [0.1, 0.15) is 47.5 Å². The summed E-state index contributed by atoms with van der Waals surface area (Å²) >= 11 is 0. The highest BCUT2D eigenvalue weighted by Crippen LogP contribution is 2.25. The molecule has 0 spiro atoms. The van der Waals surface area contributed by atoms with Crippen LogP contribution in [0.15, 0.2) is 11.6 Å². The Morgan fingerprint density at radius 1 is 1.36 bits per heavy atom. The Labute approximate surface area is 87.3 Å². The Hall–Kier alpha value is -0.790. The third-order valence-electron chi connectivity index (χ3n) is 2.10. The van der Waals surface area contributed by atoms with E-state index in [1.165, 1.54) is 5.57 Å². The third-order valence-corrected chi connectivity index (χ3v) is 2.10. The maximum absolute atomic E-state index is 11.3. The van der Waals surface area contributed by atoms with Crippen LogP contribution in [0.3, 0.4) is 0 Å². The first kappa shape index (κ1) is 13.2. The van der Waals surface area contributed by atoms with E-state index in [-0.39, 0.29) is 11.4 Å². The molecule has 0 bridgehead atoms. The molecule has 0 aliphatic heterocycles. The lowest BCUT2D eigenvalue weighted by atomic mass is 9.87. The fraction of sp³-hybridized carbons (Fsp3) is 0.750. The monoisotopic (exact) mass is 198 g/mol. The molecule has 82 valence electrons. The van der Waals surface area contributed by atoms with Gasteiger partial charge in [0.2, 0.25) is 0 Å². The number of rotatable bonds is 5. The van der Waals surface area contributed by atoms with Gasteiger partial charge in [-0.3, -0.25) is 4.79 Å². The number of carbonyl (C=O) groups excluding carboxylic acids is 1. The van der Waals surface area contributed by atoms with E-state index in [2.05, 4.69) is 33.8 Å². The molecular formula is C12H22O2. The minimum absolute atomic E-state index is 0.0909. The van der Waals surface area contributed by atoms with E-state index < -0.39 is 0 Å². The summed E-state index contributed by atoms with van der Waals surface area (Å²) in [5.41, 5.74) is 1.23. The van der Waals surface area contributed by atoms with E-state index in [4.69, 9.17) is 4.74 Å². The highest BCUT2D eigenvalue weighted by molar-refractivity contribution is 5.70. The van der Waals surface area contributed by atoms with Gasteiger partial charge in [0.15, 0.2) is 0 Å². The van der Waals surface area contributed by atoms with Gasteiger partial charge in [-0.2, -0.15) is 0 Å². The van der Waals surface area contributed by atoms with Crippen LogP contribution in [-0.4, -0.2) is 12.6 Å². The zero-order valence-corrected chi connectivity index (χ0v) is 10.0. The highest BCUT2D eigenvalue weighted by Gasteiger charge is 2.20. The largest absolute Gasteiger partial charge is 0.466 e. The molecule has 0 aliphatic rings. The van der Waals surface area contributed by atoms with Crippen LogP contribution in [0.5, 0.6) is 0 Å². The molecule has 0 saturated carbocycles. The second-order valence-electron chi connectivity index (χ2n) is 4.31. The van der Waals surface area contributed by atoms with Gasteiger partial charge in [0.1, 0.15) is 0 Å². The topological polar surface area (TPSA) is 26.3 Å². The first-order valence-electron chi connectivity index (χ1n) is 5.25. The molecule has 0 unspecified atom stereocenters. The second kappa shape index (κ2) is 5.84. The number of esters is 1. The first-order chi connectivity index (χ1) is 6.41. The van der Waals surface area contributed by atoms with Gasteiger partial charge in [-0.25, -0.2) is 0 Å². The van der Waals surface area contributed by atoms with E-state index in [1.807, 2.05) is 6.92 Å². The van der Waals surface area contributed by atoms with Crippen molar-refractivity contribution in [2.75, 3.05) is 6.61 Å². The van der Waals surface area contributed by atoms with Crippen molar-refractivity contribution in [1.82, 2.24) is 0 Å². The first-order valence-corrected chi connectivity index (χ1v) is 5.25. The van der Waals surface area contributed by atoms with Crippen LogP contribution >= 0.6 is 0 Å². The summed E-state index contributed by atoms with van der Waals surface area (Å²) < 4.78 is 4.92. The molecule has 2 heteroatoms. The Kier molecular flexibility index (Phi) is 5.51. The summed E-state index contributed by atoms with van der Waals surface area (Å²) in [6.07, 6.45) is 3.65. The second-order valence-corrected chi connectivity index (χ2v) is 4.31. The molecule has 0 heterocycles. The van der Waals surface area contributed by atoms with E-state index in [0.29, 0.717) is 13.0 Å². The van der Waals surface area contributed by atoms with Gasteiger partial charge in [0.05, 0.1) is 13.0 Å². The van der Waals surface area contributed by atoms with Gasteiger partial charge in [-0.1, -0.05) is 32.4 Å². The van der Waals surface area contributed by atoms with Crippen LogP contribution in [0, 0.1) is 5.41 Å². The third kappa shape index (κ3) is 5.79. The zero-order valence-electron chi connectivity index (χ0n) is 10.0. The summed E-state index contributed by atoms with van der Waals surface area (Å²) in [4.78, 5) is 11.3. The molecule has 0 saturated heterocycles. The predicted molar refractivity (Wildman–Crippen MR) is 59.1 cm³/mol. The van der Waals surface area contributed by atoms with E-state index >= 15 is 0 Å². The number of hydrogen-bond acceptors (Lipinski definition) is 2. The van der Waals surface area contributed by atoms with Crippen molar-refractivity contribution in [2.45, 2.75) is 47.5 Å². The molecule has 0 atom stereocenters. The standard InChI is InChI=1S/C12H22O2/c1-6-10(3)8-12(4,5)9-11(13)14-7-2/h8H,6-7,9H2,1-5H3. The molecule has 14 heavy (non-hydrogen) atoms. The normalized spacial score (nSPS) is 12.8. The van der Waals surface area contributed by atoms with E-state index in [0.717, 1.165) is 6.42 Å². The number of carbonyl (C=O) groups is 1. The van der Waals surface area contributed by atoms with Gasteiger partial charge in [-0.05, 0) is 25.7 Å². The molecule has 0 amide bonds. The smallest absolute Gasteiger partial charge is 0.306 e. The van der Waals surface area contributed by atoms with E-state index in [9.17, 15) is 4.79 Å².